The lowest BCUT2D eigenvalue weighted by Crippen LogP contribution is -2.48. The highest BCUT2D eigenvalue weighted by atomic mass is 35.5. The molecule has 0 aliphatic rings. The molecule has 0 atom stereocenters. The second-order valence-electron chi connectivity index (χ2n) is 4.23. The number of pyridine rings is 1. The first-order valence-electron chi connectivity index (χ1n) is 6.08. The van der Waals surface area contributed by atoms with Gasteiger partial charge in [-0.05, 0) is 42.0 Å². The van der Waals surface area contributed by atoms with Crippen molar-refractivity contribution in [1.29, 1.82) is 0 Å². The molecular formula is C14H13ClN4OS. The number of rotatable bonds is 3. The van der Waals surface area contributed by atoms with Gasteiger partial charge in [-0.15, -0.1) is 0 Å². The lowest BCUT2D eigenvalue weighted by Gasteiger charge is -2.23. The van der Waals surface area contributed by atoms with E-state index < -0.39 is 0 Å². The first-order chi connectivity index (χ1) is 10.1. The Morgan fingerprint density at radius 2 is 2.05 bits per heavy atom. The first-order valence-corrected chi connectivity index (χ1v) is 6.87. The summed E-state index contributed by atoms with van der Waals surface area (Å²) in [5.41, 5.74) is 9.63. The summed E-state index contributed by atoms with van der Waals surface area (Å²) in [5, 5.41) is 2.11. The Balaban J connectivity index is 2.07. The minimum atomic E-state index is -0.329. The molecule has 7 heteroatoms. The van der Waals surface area contributed by atoms with Gasteiger partial charge in [-0.2, -0.15) is 0 Å². The number of hydrogen-bond donors (Lipinski definition) is 2. The first kappa shape index (κ1) is 15.2. The van der Waals surface area contributed by atoms with Crippen LogP contribution in [0.4, 0.5) is 0 Å². The van der Waals surface area contributed by atoms with E-state index in [9.17, 15) is 4.79 Å². The quantitative estimate of drug-likeness (QED) is 0.669. The van der Waals surface area contributed by atoms with Crippen LogP contribution in [0, 0.1) is 0 Å². The smallest absolute Gasteiger partial charge is 0.271 e. The zero-order valence-corrected chi connectivity index (χ0v) is 12.6. The number of aromatic nitrogens is 1. The van der Waals surface area contributed by atoms with E-state index in [4.69, 9.17) is 29.6 Å². The summed E-state index contributed by atoms with van der Waals surface area (Å²) in [6, 6.07) is 10.5. The Morgan fingerprint density at radius 3 is 2.62 bits per heavy atom. The van der Waals surface area contributed by atoms with Crippen molar-refractivity contribution >= 4 is 34.8 Å². The van der Waals surface area contributed by atoms with E-state index in [-0.39, 0.29) is 11.0 Å². The molecule has 5 nitrogen and oxygen atoms in total. The average molecular weight is 321 g/mol. The van der Waals surface area contributed by atoms with E-state index in [1.807, 2.05) is 12.1 Å². The van der Waals surface area contributed by atoms with Crippen molar-refractivity contribution in [3.8, 4) is 0 Å². The van der Waals surface area contributed by atoms with Gasteiger partial charge >= 0.3 is 0 Å². The van der Waals surface area contributed by atoms with Gasteiger partial charge in [0.05, 0.1) is 12.1 Å². The highest BCUT2D eigenvalue weighted by Gasteiger charge is 2.13. The predicted octanol–water partition coefficient (Wildman–Crippen LogP) is 2.13. The van der Waals surface area contributed by atoms with Crippen LogP contribution in [0.1, 0.15) is 15.9 Å². The second kappa shape index (κ2) is 7.01. The van der Waals surface area contributed by atoms with Crippen LogP contribution < -0.4 is 11.2 Å². The number of nitrogens with zero attached hydrogens (tertiary/aromatic N) is 2. The molecule has 0 radical (unpaired) electrons. The molecule has 1 amide bonds. The topological polar surface area (TPSA) is 71.2 Å². The van der Waals surface area contributed by atoms with Crippen molar-refractivity contribution in [1.82, 2.24) is 15.4 Å². The van der Waals surface area contributed by atoms with Crippen LogP contribution in [0.5, 0.6) is 0 Å². The maximum Gasteiger partial charge on any atom is 0.271 e. The fraction of sp³-hybridized carbons (Fsp3) is 0.0714. The van der Waals surface area contributed by atoms with Crippen LogP contribution in [-0.2, 0) is 6.54 Å². The van der Waals surface area contributed by atoms with E-state index in [0.29, 0.717) is 17.1 Å². The van der Waals surface area contributed by atoms with Gasteiger partial charge in [0.2, 0.25) is 0 Å². The predicted molar refractivity (Wildman–Crippen MR) is 85.5 cm³/mol. The van der Waals surface area contributed by atoms with Crippen LogP contribution in [0.15, 0.2) is 48.8 Å². The molecule has 2 aromatic rings. The average Bonchev–Trinajstić information content (AvgIpc) is 2.49. The summed E-state index contributed by atoms with van der Waals surface area (Å²) in [4.78, 5) is 16.0. The summed E-state index contributed by atoms with van der Waals surface area (Å²) in [5.74, 6) is -0.329. The van der Waals surface area contributed by atoms with Gasteiger partial charge in [-0.3, -0.25) is 20.2 Å². The monoisotopic (exact) mass is 320 g/mol. The minimum Gasteiger partial charge on any atom is -0.375 e. The van der Waals surface area contributed by atoms with E-state index in [0.717, 1.165) is 5.56 Å². The number of benzene rings is 1. The number of halogens is 1. The number of amides is 1. The largest absolute Gasteiger partial charge is 0.375 e. The number of nitrogens with two attached hydrogens (primary N) is 1. The third-order valence-electron chi connectivity index (χ3n) is 2.68. The van der Waals surface area contributed by atoms with Gasteiger partial charge < -0.3 is 5.73 Å². The normalized spacial score (nSPS) is 9.95. The number of carbonyl (C=O) groups excluding carboxylic acids is 1. The van der Waals surface area contributed by atoms with Crippen LogP contribution in [0.25, 0.3) is 0 Å². The zero-order chi connectivity index (χ0) is 15.2. The summed E-state index contributed by atoms with van der Waals surface area (Å²) >= 11 is 10.8. The van der Waals surface area contributed by atoms with Gasteiger partial charge in [0.25, 0.3) is 5.91 Å². The molecule has 0 unspecified atom stereocenters. The van der Waals surface area contributed by atoms with E-state index >= 15 is 0 Å². The molecule has 0 fully saturated rings. The summed E-state index contributed by atoms with van der Waals surface area (Å²) in [6.07, 6.45) is 3.06. The molecule has 1 heterocycles. The van der Waals surface area contributed by atoms with E-state index in [1.165, 1.54) is 11.2 Å². The molecule has 2 rings (SSSR count). The SMILES string of the molecule is NC(=S)N(Cc1ccc(Cl)cc1)NC(=O)c1cccnc1. The molecular weight excluding hydrogens is 308 g/mol. The van der Waals surface area contributed by atoms with Crippen molar-refractivity contribution in [3.05, 3.63) is 64.9 Å². The fourth-order valence-corrected chi connectivity index (χ4v) is 1.87. The second-order valence-corrected chi connectivity index (χ2v) is 5.09. The number of hydrazine groups is 1. The maximum atomic E-state index is 12.1. The lowest BCUT2D eigenvalue weighted by molar-refractivity contribution is 0.0865. The van der Waals surface area contributed by atoms with Gasteiger partial charge in [0.15, 0.2) is 5.11 Å². The van der Waals surface area contributed by atoms with Crippen molar-refractivity contribution in [3.63, 3.8) is 0 Å². The minimum absolute atomic E-state index is 0.0715. The Bertz CT molecular complexity index is 633. The molecule has 108 valence electrons. The Kier molecular flexibility index (Phi) is 5.08. The summed E-state index contributed by atoms with van der Waals surface area (Å²) in [7, 11) is 0. The molecule has 0 bridgehead atoms. The molecule has 1 aromatic carbocycles. The Hall–Kier alpha value is -2.18. The molecule has 3 N–H and O–H groups in total. The molecule has 0 saturated carbocycles. The van der Waals surface area contributed by atoms with Gasteiger partial charge in [0.1, 0.15) is 0 Å². The van der Waals surface area contributed by atoms with E-state index in [2.05, 4.69) is 10.4 Å². The van der Waals surface area contributed by atoms with E-state index in [1.54, 1.807) is 30.5 Å². The summed E-state index contributed by atoms with van der Waals surface area (Å²) < 4.78 is 0. The molecule has 0 aliphatic heterocycles. The zero-order valence-electron chi connectivity index (χ0n) is 11.0. The molecule has 0 saturated heterocycles. The third kappa shape index (κ3) is 4.40. The molecule has 1 aromatic heterocycles. The number of hydrogen-bond acceptors (Lipinski definition) is 3. The van der Waals surface area contributed by atoms with Crippen molar-refractivity contribution in [2.75, 3.05) is 0 Å². The molecule has 21 heavy (non-hydrogen) atoms. The van der Waals surface area contributed by atoms with Gasteiger partial charge in [0, 0.05) is 17.4 Å². The maximum absolute atomic E-state index is 12.1. The van der Waals surface area contributed by atoms with Crippen LogP contribution in [0.2, 0.25) is 5.02 Å². The lowest BCUT2D eigenvalue weighted by atomic mass is 10.2. The number of thiocarbonyl (C=S) groups is 1. The van der Waals surface area contributed by atoms with Crippen LogP contribution in [0.3, 0.4) is 0 Å². The standard InChI is InChI=1S/C14H13ClN4OS/c15-12-5-3-10(4-6-12)9-19(14(16)21)18-13(20)11-2-1-7-17-8-11/h1-8H,9H2,(H2,16,21)(H,18,20). The number of carbonyl (C=O) groups is 1. The highest BCUT2D eigenvalue weighted by Crippen LogP contribution is 2.11. The number of nitrogens with one attached hydrogen (secondary N) is 1. The van der Waals surface area contributed by atoms with Crippen molar-refractivity contribution in [2.45, 2.75) is 6.54 Å². The van der Waals surface area contributed by atoms with Crippen LogP contribution >= 0.6 is 23.8 Å². The fourth-order valence-electron chi connectivity index (χ4n) is 1.63. The molecule has 0 aliphatic carbocycles. The highest BCUT2D eigenvalue weighted by molar-refractivity contribution is 7.80. The third-order valence-corrected chi connectivity index (χ3v) is 3.15. The van der Waals surface area contributed by atoms with Crippen molar-refractivity contribution < 1.29 is 4.79 Å². The Morgan fingerprint density at radius 1 is 1.33 bits per heavy atom. The van der Waals surface area contributed by atoms with Crippen LogP contribution in [-0.4, -0.2) is 21.0 Å². The van der Waals surface area contributed by atoms with Gasteiger partial charge in [-0.25, -0.2) is 0 Å². The van der Waals surface area contributed by atoms with Crippen molar-refractivity contribution in [2.24, 2.45) is 5.73 Å². The Labute approximate surface area is 132 Å². The summed E-state index contributed by atoms with van der Waals surface area (Å²) in [6.45, 7) is 0.346. The van der Waals surface area contributed by atoms with Gasteiger partial charge in [-0.1, -0.05) is 23.7 Å². The molecule has 0 spiro atoms.